The van der Waals surface area contributed by atoms with Gasteiger partial charge in [-0.1, -0.05) is 32.8 Å². The molecule has 0 aromatic rings. The zero-order valence-electron chi connectivity index (χ0n) is 17.6. The molecule has 0 amide bonds. The zero-order valence-corrected chi connectivity index (χ0v) is 17.6. The van der Waals surface area contributed by atoms with E-state index in [9.17, 15) is 9.59 Å². The van der Waals surface area contributed by atoms with Crippen LogP contribution in [0.5, 0.6) is 0 Å². The van der Waals surface area contributed by atoms with Crippen molar-refractivity contribution >= 4 is 11.6 Å². The number of Topliss-reactive ketones (excluding diaryl/α,β-unsaturated/α-hetero) is 1. The molecule has 148 valence electrons. The third-order valence-corrected chi connectivity index (χ3v) is 10.7. The number of fused-ring (bicyclic) bond motifs is 7. The lowest BCUT2D eigenvalue weighted by Gasteiger charge is -2.61. The molecule has 2 heteroatoms. The second-order valence-corrected chi connectivity index (χ2v) is 11.3. The molecule has 4 fully saturated rings. The fourth-order valence-electron chi connectivity index (χ4n) is 9.61. The van der Waals surface area contributed by atoms with E-state index in [0.29, 0.717) is 35.2 Å². The van der Waals surface area contributed by atoms with Crippen molar-refractivity contribution in [2.75, 3.05) is 0 Å². The first-order valence-corrected chi connectivity index (χ1v) is 11.5. The van der Waals surface area contributed by atoms with E-state index >= 15 is 0 Å². The summed E-state index contributed by atoms with van der Waals surface area (Å²) >= 11 is 0. The number of ketones is 2. The summed E-state index contributed by atoms with van der Waals surface area (Å²) < 4.78 is 0. The maximum absolute atomic E-state index is 13.0. The van der Waals surface area contributed by atoms with Gasteiger partial charge < -0.3 is 0 Å². The van der Waals surface area contributed by atoms with Crippen molar-refractivity contribution in [1.29, 1.82) is 0 Å². The first-order chi connectivity index (χ1) is 12.7. The molecule has 0 spiro atoms. The third kappa shape index (κ3) is 2.03. The molecule has 2 nitrogen and oxygen atoms in total. The van der Waals surface area contributed by atoms with Crippen LogP contribution in [0.1, 0.15) is 85.5 Å². The van der Waals surface area contributed by atoms with Gasteiger partial charge in [-0.3, -0.25) is 9.59 Å². The van der Waals surface area contributed by atoms with Crippen LogP contribution in [0, 0.1) is 45.8 Å². The number of carbonyl (C=O) groups is 2. The molecule has 0 aromatic heterocycles. The Morgan fingerprint density at radius 3 is 2.59 bits per heavy atom. The number of allylic oxidation sites excluding steroid dienone is 1. The van der Waals surface area contributed by atoms with Crippen molar-refractivity contribution in [1.82, 2.24) is 0 Å². The van der Waals surface area contributed by atoms with Crippen LogP contribution in [0.15, 0.2) is 11.6 Å². The number of hydrogen-bond donors (Lipinski definition) is 0. The van der Waals surface area contributed by atoms with Gasteiger partial charge in [0.25, 0.3) is 0 Å². The van der Waals surface area contributed by atoms with Gasteiger partial charge in [0.05, 0.1) is 0 Å². The standard InChI is InChI=1S/C25H36O2/c1-15-12-19-20(23(3)10-7-18(27)14-21(15)23)8-11-24(4)22(19)13-17-6-5-9-25(17,24)16(2)26/h14-15,17,19-20,22H,5-13H2,1-4H3/t15-,17+,19?,20?,22?,23+,24-,25-/m0/s1. The quantitative estimate of drug-likeness (QED) is 0.590. The summed E-state index contributed by atoms with van der Waals surface area (Å²) in [4.78, 5) is 25.1. The Labute approximate surface area is 164 Å². The highest BCUT2D eigenvalue weighted by molar-refractivity contribution is 5.91. The van der Waals surface area contributed by atoms with E-state index in [2.05, 4.69) is 20.8 Å². The van der Waals surface area contributed by atoms with Crippen LogP contribution in [-0.2, 0) is 9.59 Å². The van der Waals surface area contributed by atoms with E-state index in [1.807, 2.05) is 13.0 Å². The van der Waals surface area contributed by atoms with Gasteiger partial charge in [0.2, 0.25) is 0 Å². The highest BCUT2D eigenvalue weighted by atomic mass is 16.1. The predicted molar refractivity (Wildman–Crippen MR) is 107 cm³/mol. The van der Waals surface area contributed by atoms with Gasteiger partial charge in [-0.25, -0.2) is 0 Å². The summed E-state index contributed by atoms with van der Waals surface area (Å²) in [6.45, 7) is 9.24. The van der Waals surface area contributed by atoms with Gasteiger partial charge in [-0.05, 0) is 98.4 Å². The summed E-state index contributed by atoms with van der Waals surface area (Å²) in [5.41, 5.74) is 1.87. The van der Waals surface area contributed by atoms with Crippen LogP contribution in [0.2, 0.25) is 0 Å². The fraction of sp³-hybridized carbons (Fsp3) is 0.840. The molecule has 0 aromatic carbocycles. The molecular formula is C25H36O2. The van der Waals surface area contributed by atoms with Crippen LogP contribution >= 0.6 is 0 Å². The van der Waals surface area contributed by atoms with Crippen molar-refractivity contribution in [2.24, 2.45) is 45.8 Å². The lowest BCUT2D eigenvalue weighted by atomic mass is 9.43. The summed E-state index contributed by atoms with van der Waals surface area (Å²) in [5.74, 6) is 4.17. The minimum atomic E-state index is -0.0224. The second kappa shape index (κ2) is 5.57. The van der Waals surface area contributed by atoms with Gasteiger partial charge >= 0.3 is 0 Å². The Bertz CT molecular complexity index is 735. The minimum absolute atomic E-state index is 0.0224. The van der Waals surface area contributed by atoms with Crippen molar-refractivity contribution in [3.63, 3.8) is 0 Å². The highest BCUT2D eigenvalue weighted by Crippen LogP contribution is 2.75. The molecule has 0 aliphatic heterocycles. The van der Waals surface area contributed by atoms with Crippen molar-refractivity contribution in [2.45, 2.75) is 85.5 Å². The summed E-state index contributed by atoms with van der Waals surface area (Å²) in [6, 6.07) is 0. The van der Waals surface area contributed by atoms with Gasteiger partial charge in [0.1, 0.15) is 5.78 Å². The van der Waals surface area contributed by atoms with Crippen molar-refractivity contribution in [3.05, 3.63) is 11.6 Å². The summed E-state index contributed by atoms with van der Waals surface area (Å²) in [5, 5.41) is 0. The first-order valence-electron chi connectivity index (χ1n) is 11.5. The lowest BCUT2D eigenvalue weighted by Crippen LogP contribution is -2.55. The maximum Gasteiger partial charge on any atom is 0.155 e. The molecule has 27 heavy (non-hydrogen) atoms. The predicted octanol–water partition coefficient (Wildman–Crippen LogP) is 5.75. The molecule has 0 saturated heterocycles. The van der Waals surface area contributed by atoms with E-state index in [0.717, 1.165) is 25.2 Å². The van der Waals surface area contributed by atoms with Crippen molar-refractivity contribution < 1.29 is 9.59 Å². The number of carbonyl (C=O) groups excluding carboxylic acids is 2. The Morgan fingerprint density at radius 2 is 1.85 bits per heavy atom. The third-order valence-electron chi connectivity index (χ3n) is 10.7. The molecule has 8 atom stereocenters. The van der Waals surface area contributed by atoms with Crippen LogP contribution in [0.3, 0.4) is 0 Å². The summed E-state index contributed by atoms with van der Waals surface area (Å²) in [6.07, 6.45) is 12.5. The monoisotopic (exact) mass is 368 g/mol. The number of hydrogen-bond acceptors (Lipinski definition) is 2. The van der Waals surface area contributed by atoms with E-state index < -0.39 is 0 Å². The van der Waals surface area contributed by atoms with Gasteiger partial charge in [0, 0.05) is 11.8 Å². The highest BCUT2D eigenvalue weighted by Gasteiger charge is 2.70. The van der Waals surface area contributed by atoms with Crippen LogP contribution in [0.4, 0.5) is 0 Å². The summed E-state index contributed by atoms with van der Waals surface area (Å²) in [7, 11) is 0. The molecule has 4 saturated carbocycles. The average Bonchev–Trinajstić information content (AvgIpc) is 3.14. The average molecular weight is 369 g/mol. The van der Waals surface area contributed by atoms with Crippen LogP contribution < -0.4 is 0 Å². The molecule has 0 bridgehead atoms. The second-order valence-electron chi connectivity index (χ2n) is 11.3. The topological polar surface area (TPSA) is 34.1 Å². The van der Waals surface area contributed by atoms with Gasteiger partial charge in [-0.15, -0.1) is 0 Å². The maximum atomic E-state index is 13.0. The molecule has 5 aliphatic carbocycles. The SMILES string of the molecule is CC(=O)[C@@]12CCC[C@@H]1CC1C3C[C@H](C)C4=CC(=O)CC[C@]4(C)C3CC[C@@]12C. The fourth-order valence-corrected chi connectivity index (χ4v) is 9.61. The smallest absolute Gasteiger partial charge is 0.155 e. The van der Waals surface area contributed by atoms with E-state index in [4.69, 9.17) is 0 Å². The normalized spacial score (nSPS) is 53.9. The first kappa shape index (κ1) is 18.1. The van der Waals surface area contributed by atoms with Crippen LogP contribution in [0.25, 0.3) is 0 Å². The largest absolute Gasteiger partial charge is 0.299 e. The van der Waals surface area contributed by atoms with E-state index in [-0.39, 0.29) is 16.2 Å². The van der Waals surface area contributed by atoms with Gasteiger partial charge in [-0.2, -0.15) is 0 Å². The van der Waals surface area contributed by atoms with Crippen molar-refractivity contribution in [3.8, 4) is 0 Å². The Hall–Kier alpha value is -0.920. The molecule has 0 heterocycles. The Kier molecular flexibility index (Phi) is 3.74. The molecule has 0 radical (unpaired) electrons. The van der Waals surface area contributed by atoms with E-state index in [1.54, 1.807) is 0 Å². The molecule has 0 N–H and O–H groups in total. The lowest BCUT2D eigenvalue weighted by molar-refractivity contribution is -0.143. The minimum Gasteiger partial charge on any atom is -0.299 e. The molecule has 3 unspecified atom stereocenters. The van der Waals surface area contributed by atoms with E-state index in [1.165, 1.54) is 44.1 Å². The Morgan fingerprint density at radius 1 is 1.07 bits per heavy atom. The zero-order chi connectivity index (χ0) is 19.2. The molecule has 5 aliphatic rings. The molecule has 5 rings (SSSR count). The van der Waals surface area contributed by atoms with Crippen LogP contribution in [-0.4, -0.2) is 11.6 Å². The Balaban J connectivity index is 1.57. The van der Waals surface area contributed by atoms with Gasteiger partial charge in [0.15, 0.2) is 5.78 Å². The molecular weight excluding hydrogens is 332 g/mol. The number of rotatable bonds is 1.